The Kier molecular flexibility index (Phi) is 3.13. The number of hydrogen-bond acceptors (Lipinski definition) is 2. The summed E-state index contributed by atoms with van der Waals surface area (Å²) in [5.74, 6) is -1.83. The Balaban J connectivity index is 2.48. The quantitative estimate of drug-likeness (QED) is 0.828. The second kappa shape index (κ2) is 4.45. The highest BCUT2D eigenvalue weighted by atomic mass is 19.4. The first-order valence-corrected chi connectivity index (χ1v) is 5.35. The van der Waals surface area contributed by atoms with Gasteiger partial charge in [-0.25, -0.2) is 0 Å². The zero-order chi connectivity index (χ0) is 13.3. The molecule has 2 aromatic rings. The molecule has 3 nitrogen and oxygen atoms in total. The van der Waals surface area contributed by atoms with E-state index in [1.54, 1.807) is 6.20 Å². The summed E-state index contributed by atoms with van der Waals surface area (Å²) in [4.78, 5) is 14.1. The molecule has 6 heteroatoms. The van der Waals surface area contributed by atoms with Gasteiger partial charge in [0, 0.05) is 22.7 Å². The Morgan fingerprint density at radius 2 is 2.06 bits per heavy atom. The number of Topliss-reactive ketones (excluding diaryl/α,β-unsaturated/α-hetero) is 1. The maximum absolute atomic E-state index is 12.3. The van der Waals surface area contributed by atoms with Crippen molar-refractivity contribution in [1.29, 1.82) is 0 Å². The van der Waals surface area contributed by atoms with Crippen molar-refractivity contribution in [3.63, 3.8) is 0 Å². The number of fused-ring (bicyclic) bond motifs is 1. The number of nitrogens with one attached hydrogen (secondary N) is 1. The second-order valence-corrected chi connectivity index (χ2v) is 3.94. The van der Waals surface area contributed by atoms with E-state index in [2.05, 4.69) is 4.98 Å². The van der Waals surface area contributed by atoms with Gasteiger partial charge in [-0.2, -0.15) is 13.2 Å². The lowest BCUT2D eigenvalue weighted by Gasteiger charge is -2.05. The van der Waals surface area contributed by atoms with E-state index in [1.807, 2.05) is 0 Å². The number of rotatable bonds is 3. The van der Waals surface area contributed by atoms with Crippen LogP contribution >= 0.6 is 0 Å². The number of nitrogens with two attached hydrogens (primary N) is 1. The number of carbonyl (C=O) groups is 1. The molecule has 1 aromatic heterocycles. The minimum Gasteiger partial charge on any atom is -0.361 e. The van der Waals surface area contributed by atoms with E-state index in [0.29, 0.717) is 23.9 Å². The van der Waals surface area contributed by atoms with Crippen LogP contribution in [-0.2, 0) is 6.42 Å². The first kappa shape index (κ1) is 12.6. The number of aromatic nitrogens is 1. The summed E-state index contributed by atoms with van der Waals surface area (Å²) in [6.45, 7) is 0.393. The molecule has 96 valence electrons. The van der Waals surface area contributed by atoms with Crippen LogP contribution in [0.4, 0.5) is 13.2 Å². The van der Waals surface area contributed by atoms with Crippen molar-refractivity contribution in [2.45, 2.75) is 12.6 Å². The standard InChI is InChI=1S/C12H11F3N2O/c13-12(14,15)11(18)7-1-2-10-9(5-7)8(3-4-16)6-17-10/h1-2,5-6,17H,3-4,16H2. The van der Waals surface area contributed by atoms with E-state index in [1.165, 1.54) is 18.2 Å². The highest BCUT2D eigenvalue weighted by Gasteiger charge is 2.39. The predicted octanol–water partition coefficient (Wildman–Crippen LogP) is 2.41. The molecule has 0 atom stereocenters. The first-order chi connectivity index (χ1) is 8.43. The summed E-state index contributed by atoms with van der Waals surface area (Å²) in [7, 11) is 0. The summed E-state index contributed by atoms with van der Waals surface area (Å²) >= 11 is 0. The molecule has 0 radical (unpaired) electrons. The first-order valence-electron chi connectivity index (χ1n) is 5.35. The second-order valence-electron chi connectivity index (χ2n) is 3.94. The van der Waals surface area contributed by atoms with Gasteiger partial charge in [-0.3, -0.25) is 4.79 Å². The number of carbonyl (C=O) groups excluding carboxylic acids is 1. The molecular formula is C12H11F3N2O. The summed E-state index contributed by atoms with van der Waals surface area (Å²) in [6, 6.07) is 3.89. The predicted molar refractivity (Wildman–Crippen MR) is 61.4 cm³/mol. The van der Waals surface area contributed by atoms with Gasteiger partial charge >= 0.3 is 6.18 Å². The van der Waals surface area contributed by atoms with Crippen molar-refractivity contribution in [3.8, 4) is 0 Å². The van der Waals surface area contributed by atoms with Crippen LogP contribution in [0.3, 0.4) is 0 Å². The van der Waals surface area contributed by atoms with Crippen LogP contribution in [-0.4, -0.2) is 23.5 Å². The van der Waals surface area contributed by atoms with Gasteiger partial charge in [-0.05, 0) is 36.7 Å². The molecule has 18 heavy (non-hydrogen) atoms. The largest absolute Gasteiger partial charge is 0.454 e. The molecule has 1 heterocycles. The monoisotopic (exact) mass is 256 g/mol. The third kappa shape index (κ3) is 2.24. The van der Waals surface area contributed by atoms with Gasteiger partial charge in [0.2, 0.25) is 0 Å². The highest BCUT2D eigenvalue weighted by Crippen LogP contribution is 2.25. The molecule has 0 spiro atoms. The lowest BCUT2D eigenvalue weighted by molar-refractivity contribution is -0.0885. The van der Waals surface area contributed by atoms with Crippen LogP contribution in [0.1, 0.15) is 15.9 Å². The maximum atomic E-state index is 12.3. The minimum atomic E-state index is -4.85. The van der Waals surface area contributed by atoms with Crippen molar-refractivity contribution in [2.24, 2.45) is 5.73 Å². The number of halogens is 3. The number of benzene rings is 1. The summed E-state index contributed by atoms with van der Waals surface area (Å²) in [6.07, 6.45) is -2.61. The van der Waals surface area contributed by atoms with Crippen LogP contribution < -0.4 is 5.73 Å². The Morgan fingerprint density at radius 1 is 1.33 bits per heavy atom. The van der Waals surface area contributed by atoms with Crippen LogP contribution in [0.25, 0.3) is 10.9 Å². The van der Waals surface area contributed by atoms with Crippen LogP contribution in [0.15, 0.2) is 24.4 Å². The minimum absolute atomic E-state index is 0.354. The van der Waals surface area contributed by atoms with Gasteiger partial charge < -0.3 is 10.7 Å². The van der Waals surface area contributed by atoms with Crippen LogP contribution in [0.2, 0.25) is 0 Å². The fourth-order valence-corrected chi connectivity index (χ4v) is 1.85. The molecule has 0 bridgehead atoms. The van der Waals surface area contributed by atoms with Crippen molar-refractivity contribution in [3.05, 3.63) is 35.5 Å². The molecule has 3 N–H and O–H groups in total. The Labute approximate surface area is 101 Å². The zero-order valence-corrected chi connectivity index (χ0v) is 9.34. The molecule has 0 saturated heterocycles. The van der Waals surface area contributed by atoms with Crippen LogP contribution in [0.5, 0.6) is 0 Å². The summed E-state index contributed by atoms with van der Waals surface area (Å²) in [5.41, 5.74) is 6.56. The van der Waals surface area contributed by atoms with E-state index in [4.69, 9.17) is 5.73 Å². The summed E-state index contributed by atoms with van der Waals surface area (Å²) in [5, 5.41) is 0.607. The summed E-state index contributed by atoms with van der Waals surface area (Å²) < 4.78 is 37.0. The molecule has 0 saturated carbocycles. The molecule has 0 fully saturated rings. The Hall–Kier alpha value is -1.82. The molecule has 2 rings (SSSR count). The smallest absolute Gasteiger partial charge is 0.361 e. The molecular weight excluding hydrogens is 245 g/mol. The van der Waals surface area contributed by atoms with Gasteiger partial charge in [-0.15, -0.1) is 0 Å². The lowest BCUT2D eigenvalue weighted by atomic mass is 10.0. The highest BCUT2D eigenvalue weighted by molar-refractivity contribution is 6.03. The average molecular weight is 256 g/mol. The number of aromatic amines is 1. The van der Waals surface area contributed by atoms with Crippen molar-refractivity contribution in [1.82, 2.24) is 4.98 Å². The van der Waals surface area contributed by atoms with Gasteiger partial charge in [0.1, 0.15) is 0 Å². The third-order valence-electron chi connectivity index (χ3n) is 2.70. The third-order valence-corrected chi connectivity index (χ3v) is 2.70. The molecule has 0 aliphatic rings. The van der Waals surface area contributed by atoms with Crippen LogP contribution in [0, 0.1) is 0 Å². The van der Waals surface area contributed by atoms with Gasteiger partial charge in [0.15, 0.2) is 0 Å². The normalized spacial score (nSPS) is 12.0. The molecule has 0 aliphatic carbocycles. The van der Waals surface area contributed by atoms with Crippen molar-refractivity contribution >= 4 is 16.7 Å². The van der Waals surface area contributed by atoms with E-state index in [-0.39, 0.29) is 5.56 Å². The van der Waals surface area contributed by atoms with E-state index in [0.717, 1.165) is 5.56 Å². The zero-order valence-electron chi connectivity index (χ0n) is 9.34. The maximum Gasteiger partial charge on any atom is 0.454 e. The number of H-pyrrole nitrogens is 1. The number of alkyl halides is 3. The van der Waals surface area contributed by atoms with E-state index >= 15 is 0 Å². The number of ketones is 1. The fourth-order valence-electron chi connectivity index (χ4n) is 1.85. The van der Waals surface area contributed by atoms with Gasteiger partial charge in [0.25, 0.3) is 5.78 Å². The molecule has 0 amide bonds. The fraction of sp³-hybridized carbons (Fsp3) is 0.250. The van der Waals surface area contributed by atoms with E-state index in [9.17, 15) is 18.0 Å². The molecule has 1 aromatic carbocycles. The molecule has 0 unspecified atom stereocenters. The van der Waals surface area contributed by atoms with Gasteiger partial charge in [-0.1, -0.05) is 0 Å². The van der Waals surface area contributed by atoms with Gasteiger partial charge in [0.05, 0.1) is 0 Å². The topological polar surface area (TPSA) is 58.9 Å². The number of hydrogen-bond donors (Lipinski definition) is 2. The average Bonchev–Trinajstić information content (AvgIpc) is 2.70. The SMILES string of the molecule is NCCc1c[nH]c2ccc(C(=O)C(F)(F)F)cc12. The Morgan fingerprint density at radius 3 is 2.67 bits per heavy atom. The van der Waals surface area contributed by atoms with Crippen molar-refractivity contribution in [2.75, 3.05) is 6.54 Å². The van der Waals surface area contributed by atoms with E-state index < -0.39 is 12.0 Å². The van der Waals surface area contributed by atoms with Crippen molar-refractivity contribution < 1.29 is 18.0 Å². The molecule has 0 aliphatic heterocycles. The Bertz CT molecular complexity index is 587. The lowest BCUT2D eigenvalue weighted by Crippen LogP contribution is -2.22.